The monoisotopic (exact) mass is 253 g/mol. The first-order valence-corrected chi connectivity index (χ1v) is 5.31. The minimum atomic E-state index is -1.08. The summed E-state index contributed by atoms with van der Waals surface area (Å²) >= 11 is 0. The Morgan fingerprint density at radius 3 is 2.22 bits per heavy atom. The molecular weight excluding hydrogens is 238 g/mol. The van der Waals surface area contributed by atoms with Gasteiger partial charge in [0.25, 0.3) is 5.69 Å². The standard InChI is InChI=1S/C11H15N3O4/c1-12(2)7-8-13(11(15)16)9-3-5-10(6-4-9)14(17)18/h3-6H,7-8H2,1-2H3,(H,15,16). The van der Waals surface area contributed by atoms with Gasteiger partial charge in [0, 0.05) is 30.9 Å². The van der Waals surface area contributed by atoms with E-state index in [9.17, 15) is 14.9 Å². The topological polar surface area (TPSA) is 86.9 Å². The molecule has 0 heterocycles. The minimum Gasteiger partial charge on any atom is -0.465 e. The Morgan fingerprint density at radius 2 is 1.83 bits per heavy atom. The maximum Gasteiger partial charge on any atom is 0.411 e. The first kappa shape index (κ1) is 13.9. The smallest absolute Gasteiger partial charge is 0.411 e. The van der Waals surface area contributed by atoms with Crippen molar-refractivity contribution in [1.82, 2.24) is 4.90 Å². The first-order chi connectivity index (χ1) is 8.41. The SMILES string of the molecule is CN(C)CCN(C(=O)O)c1ccc([N+](=O)[O-])cc1. The molecule has 0 aromatic heterocycles. The van der Waals surface area contributed by atoms with Crippen LogP contribution in [0.25, 0.3) is 0 Å². The third kappa shape index (κ3) is 3.70. The summed E-state index contributed by atoms with van der Waals surface area (Å²) in [6.07, 6.45) is -1.08. The van der Waals surface area contributed by atoms with Crippen LogP contribution < -0.4 is 4.90 Å². The summed E-state index contributed by atoms with van der Waals surface area (Å²) < 4.78 is 0. The molecule has 98 valence electrons. The van der Waals surface area contributed by atoms with E-state index in [1.807, 2.05) is 19.0 Å². The number of nitro groups is 1. The Hall–Kier alpha value is -2.15. The van der Waals surface area contributed by atoms with Gasteiger partial charge in [0.05, 0.1) is 4.92 Å². The van der Waals surface area contributed by atoms with Crippen molar-refractivity contribution in [3.8, 4) is 0 Å². The van der Waals surface area contributed by atoms with E-state index < -0.39 is 11.0 Å². The highest BCUT2D eigenvalue weighted by Gasteiger charge is 2.15. The summed E-state index contributed by atoms with van der Waals surface area (Å²) in [5.74, 6) is 0. The zero-order valence-corrected chi connectivity index (χ0v) is 10.2. The molecule has 1 amide bonds. The van der Waals surface area contributed by atoms with Crippen molar-refractivity contribution in [1.29, 1.82) is 0 Å². The highest BCUT2D eigenvalue weighted by molar-refractivity contribution is 5.86. The highest BCUT2D eigenvalue weighted by Crippen LogP contribution is 2.19. The van der Waals surface area contributed by atoms with Gasteiger partial charge in [-0.25, -0.2) is 4.79 Å². The normalized spacial score (nSPS) is 10.4. The number of rotatable bonds is 5. The number of nitrogens with zero attached hydrogens (tertiary/aromatic N) is 3. The van der Waals surface area contributed by atoms with E-state index in [2.05, 4.69) is 0 Å². The van der Waals surface area contributed by atoms with Crippen LogP contribution in [0.4, 0.5) is 16.2 Å². The van der Waals surface area contributed by atoms with E-state index in [1.54, 1.807) is 0 Å². The van der Waals surface area contributed by atoms with Crippen LogP contribution in [0.2, 0.25) is 0 Å². The van der Waals surface area contributed by atoms with Crippen molar-refractivity contribution in [2.45, 2.75) is 0 Å². The van der Waals surface area contributed by atoms with Crippen LogP contribution in [-0.2, 0) is 0 Å². The molecule has 0 bridgehead atoms. The van der Waals surface area contributed by atoms with E-state index >= 15 is 0 Å². The van der Waals surface area contributed by atoms with E-state index in [4.69, 9.17) is 5.11 Å². The van der Waals surface area contributed by atoms with Crippen molar-refractivity contribution < 1.29 is 14.8 Å². The molecule has 0 saturated carbocycles. The molecule has 0 atom stereocenters. The van der Waals surface area contributed by atoms with Gasteiger partial charge in [-0.15, -0.1) is 0 Å². The molecule has 0 aliphatic heterocycles. The summed E-state index contributed by atoms with van der Waals surface area (Å²) in [7, 11) is 3.69. The number of benzene rings is 1. The van der Waals surface area contributed by atoms with Crippen LogP contribution in [0.15, 0.2) is 24.3 Å². The van der Waals surface area contributed by atoms with Gasteiger partial charge in [0.2, 0.25) is 0 Å². The van der Waals surface area contributed by atoms with Crippen LogP contribution in [0.5, 0.6) is 0 Å². The second kappa shape index (κ2) is 5.97. The van der Waals surface area contributed by atoms with Gasteiger partial charge >= 0.3 is 6.09 Å². The fraction of sp³-hybridized carbons (Fsp3) is 0.364. The van der Waals surface area contributed by atoms with Crippen molar-refractivity contribution in [2.24, 2.45) is 0 Å². The molecule has 0 fully saturated rings. The van der Waals surface area contributed by atoms with Crippen LogP contribution >= 0.6 is 0 Å². The van der Waals surface area contributed by atoms with Gasteiger partial charge in [0.1, 0.15) is 0 Å². The second-order valence-corrected chi connectivity index (χ2v) is 4.01. The molecule has 0 unspecified atom stereocenters. The van der Waals surface area contributed by atoms with Crippen LogP contribution in [0.1, 0.15) is 0 Å². The van der Waals surface area contributed by atoms with Gasteiger partial charge < -0.3 is 10.0 Å². The third-order valence-electron chi connectivity index (χ3n) is 2.37. The zero-order valence-electron chi connectivity index (χ0n) is 10.2. The van der Waals surface area contributed by atoms with E-state index in [0.29, 0.717) is 18.8 Å². The van der Waals surface area contributed by atoms with Gasteiger partial charge in [-0.2, -0.15) is 0 Å². The maximum absolute atomic E-state index is 11.1. The van der Waals surface area contributed by atoms with Gasteiger partial charge in [0.15, 0.2) is 0 Å². The molecule has 7 heteroatoms. The lowest BCUT2D eigenvalue weighted by Crippen LogP contribution is -2.35. The molecule has 1 N–H and O–H groups in total. The molecule has 18 heavy (non-hydrogen) atoms. The molecule has 0 spiro atoms. The van der Waals surface area contributed by atoms with Gasteiger partial charge in [-0.1, -0.05) is 0 Å². The maximum atomic E-state index is 11.1. The molecule has 0 radical (unpaired) electrons. The Labute approximate surface area is 104 Å². The van der Waals surface area contributed by atoms with Crippen LogP contribution in [0.3, 0.4) is 0 Å². The predicted molar refractivity (Wildman–Crippen MR) is 67.0 cm³/mol. The Balaban J connectivity index is 2.85. The summed E-state index contributed by atoms with van der Waals surface area (Å²) in [4.78, 5) is 24.1. The molecule has 0 aliphatic rings. The second-order valence-electron chi connectivity index (χ2n) is 4.01. The number of carbonyl (C=O) groups is 1. The average Bonchev–Trinajstić information content (AvgIpc) is 2.29. The number of likely N-dealkylation sites (N-methyl/N-ethyl adjacent to an activating group) is 1. The zero-order chi connectivity index (χ0) is 13.7. The summed E-state index contributed by atoms with van der Waals surface area (Å²) in [5, 5.41) is 19.6. The molecule has 0 aliphatic carbocycles. The minimum absolute atomic E-state index is 0.0586. The quantitative estimate of drug-likeness (QED) is 0.636. The highest BCUT2D eigenvalue weighted by atomic mass is 16.6. The van der Waals surface area contributed by atoms with Gasteiger partial charge in [-0.3, -0.25) is 15.0 Å². The number of hydrogen-bond donors (Lipinski definition) is 1. The molecule has 1 rings (SSSR count). The fourth-order valence-electron chi connectivity index (χ4n) is 1.39. The average molecular weight is 253 g/mol. The Morgan fingerprint density at radius 1 is 1.28 bits per heavy atom. The lowest BCUT2D eigenvalue weighted by atomic mass is 10.2. The molecule has 1 aromatic carbocycles. The first-order valence-electron chi connectivity index (χ1n) is 5.31. The largest absolute Gasteiger partial charge is 0.465 e. The van der Waals surface area contributed by atoms with Gasteiger partial charge in [-0.05, 0) is 26.2 Å². The number of nitro benzene ring substituents is 1. The van der Waals surface area contributed by atoms with Crippen molar-refractivity contribution in [3.63, 3.8) is 0 Å². The van der Waals surface area contributed by atoms with E-state index in [1.165, 1.54) is 24.3 Å². The van der Waals surface area contributed by atoms with Crippen LogP contribution in [0, 0.1) is 10.1 Å². The summed E-state index contributed by atoms with van der Waals surface area (Å²) in [6, 6.07) is 5.45. The third-order valence-corrected chi connectivity index (χ3v) is 2.37. The Bertz CT molecular complexity index is 430. The number of anilines is 1. The lowest BCUT2D eigenvalue weighted by molar-refractivity contribution is -0.384. The number of amides is 1. The number of non-ortho nitro benzene ring substituents is 1. The van der Waals surface area contributed by atoms with E-state index in [-0.39, 0.29) is 5.69 Å². The fourth-order valence-corrected chi connectivity index (χ4v) is 1.39. The molecular formula is C11H15N3O4. The summed E-state index contributed by atoms with van der Waals surface area (Å²) in [5.41, 5.74) is 0.367. The molecule has 7 nitrogen and oxygen atoms in total. The number of hydrogen-bond acceptors (Lipinski definition) is 4. The molecule has 0 saturated heterocycles. The lowest BCUT2D eigenvalue weighted by Gasteiger charge is -2.21. The predicted octanol–water partition coefficient (Wildman–Crippen LogP) is 1.64. The number of carboxylic acid groups (broad SMARTS) is 1. The van der Waals surface area contributed by atoms with Crippen molar-refractivity contribution >= 4 is 17.5 Å². The molecule has 1 aromatic rings. The van der Waals surface area contributed by atoms with Crippen molar-refractivity contribution in [3.05, 3.63) is 34.4 Å². The Kier molecular flexibility index (Phi) is 4.61. The van der Waals surface area contributed by atoms with Crippen LogP contribution in [-0.4, -0.2) is 48.2 Å². The van der Waals surface area contributed by atoms with Crippen molar-refractivity contribution in [2.75, 3.05) is 32.1 Å². The van der Waals surface area contributed by atoms with E-state index in [0.717, 1.165) is 4.90 Å². The summed E-state index contributed by atoms with van der Waals surface area (Å²) in [6.45, 7) is 0.878.